The summed E-state index contributed by atoms with van der Waals surface area (Å²) < 4.78 is 9.04. The highest BCUT2D eigenvalue weighted by atomic mass is 32.1. The van der Waals surface area contributed by atoms with Crippen LogP contribution in [0.4, 0.5) is 0 Å². The summed E-state index contributed by atoms with van der Waals surface area (Å²) >= 11 is 1.31. The number of nitrogens with zero attached hydrogens (tertiary/aromatic N) is 2. The zero-order valence-corrected chi connectivity index (χ0v) is 6.10. The SMILES string of the molecule is c1snnc1OC1CNC1. The Balaban J connectivity index is 1.90. The highest BCUT2D eigenvalue weighted by molar-refractivity contribution is 7.03. The Morgan fingerprint density at radius 3 is 3.10 bits per heavy atom. The maximum Gasteiger partial charge on any atom is 0.246 e. The van der Waals surface area contributed by atoms with E-state index in [-0.39, 0.29) is 0 Å². The molecular formula is C5H7N3OS. The summed E-state index contributed by atoms with van der Waals surface area (Å²) in [6.07, 6.45) is 0.309. The van der Waals surface area contributed by atoms with E-state index in [4.69, 9.17) is 4.74 Å². The van der Waals surface area contributed by atoms with Gasteiger partial charge in [-0.25, -0.2) is 0 Å². The third kappa shape index (κ3) is 1.10. The van der Waals surface area contributed by atoms with Crippen LogP contribution in [0.5, 0.6) is 5.88 Å². The topological polar surface area (TPSA) is 47.0 Å². The molecule has 0 bridgehead atoms. The molecule has 4 nitrogen and oxygen atoms in total. The Hall–Kier alpha value is -0.680. The van der Waals surface area contributed by atoms with Crippen molar-refractivity contribution in [2.45, 2.75) is 6.10 Å². The highest BCUT2D eigenvalue weighted by Gasteiger charge is 2.18. The molecule has 1 N–H and O–H groups in total. The van der Waals surface area contributed by atoms with Gasteiger partial charge in [-0.3, -0.25) is 0 Å². The first kappa shape index (κ1) is 6.06. The van der Waals surface area contributed by atoms with E-state index in [2.05, 4.69) is 14.9 Å². The first-order chi connectivity index (χ1) is 4.95. The Labute approximate surface area is 62.4 Å². The third-order valence-electron chi connectivity index (χ3n) is 1.37. The molecule has 1 saturated heterocycles. The quantitative estimate of drug-likeness (QED) is 0.650. The molecule has 0 radical (unpaired) electrons. The molecule has 54 valence electrons. The lowest BCUT2D eigenvalue weighted by molar-refractivity contribution is 0.136. The molecule has 1 aromatic rings. The van der Waals surface area contributed by atoms with Gasteiger partial charge < -0.3 is 10.1 Å². The van der Waals surface area contributed by atoms with Gasteiger partial charge in [0.15, 0.2) is 0 Å². The van der Waals surface area contributed by atoms with E-state index in [1.165, 1.54) is 11.5 Å². The average molecular weight is 157 g/mol. The van der Waals surface area contributed by atoms with Gasteiger partial charge in [0, 0.05) is 13.1 Å². The van der Waals surface area contributed by atoms with E-state index in [9.17, 15) is 0 Å². The van der Waals surface area contributed by atoms with Crippen LogP contribution >= 0.6 is 11.5 Å². The van der Waals surface area contributed by atoms with E-state index in [0.29, 0.717) is 12.0 Å². The van der Waals surface area contributed by atoms with Crippen LogP contribution in [0.3, 0.4) is 0 Å². The second-order valence-corrected chi connectivity index (χ2v) is 2.75. The summed E-state index contributed by atoms with van der Waals surface area (Å²) in [7, 11) is 0. The zero-order valence-electron chi connectivity index (χ0n) is 5.28. The summed E-state index contributed by atoms with van der Waals surface area (Å²) in [6.45, 7) is 1.86. The fourth-order valence-corrected chi connectivity index (χ4v) is 1.09. The van der Waals surface area contributed by atoms with Gasteiger partial charge in [-0.2, -0.15) is 0 Å². The van der Waals surface area contributed by atoms with Crippen LogP contribution in [0, 0.1) is 0 Å². The van der Waals surface area contributed by atoms with Crippen LogP contribution in [-0.4, -0.2) is 28.8 Å². The van der Waals surface area contributed by atoms with E-state index in [1.54, 1.807) is 5.38 Å². The van der Waals surface area contributed by atoms with Crippen molar-refractivity contribution in [2.24, 2.45) is 0 Å². The summed E-state index contributed by atoms with van der Waals surface area (Å²) in [5.41, 5.74) is 0. The highest BCUT2D eigenvalue weighted by Crippen LogP contribution is 2.10. The van der Waals surface area contributed by atoms with Gasteiger partial charge in [-0.1, -0.05) is 9.59 Å². The molecule has 1 aliphatic rings. The summed E-state index contributed by atoms with van der Waals surface area (Å²) in [4.78, 5) is 0. The molecule has 0 atom stereocenters. The van der Waals surface area contributed by atoms with Crippen LogP contribution < -0.4 is 10.1 Å². The van der Waals surface area contributed by atoms with Crippen molar-refractivity contribution in [3.8, 4) is 5.88 Å². The minimum Gasteiger partial charge on any atom is -0.470 e. The van der Waals surface area contributed by atoms with Crippen LogP contribution in [0.1, 0.15) is 0 Å². The van der Waals surface area contributed by atoms with Crippen molar-refractivity contribution in [3.05, 3.63) is 5.38 Å². The Kier molecular flexibility index (Phi) is 1.52. The fraction of sp³-hybridized carbons (Fsp3) is 0.600. The van der Waals surface area contributed by atoms with Gasteiger partial charge in [0.05, 0.1) is 5.38 Å². The lowest BCUT2D eigenvalue weighted by atomic mass is 10.2. The van der Waals surface area contributed by atoms with Crippen molar-refractivity contribution in [2.75, 3.05) is 13.1 Å². The number of ether oxygens (including phenoxy) is 1. The first-order valence-corrected chi connectivity index (χ1v) is 3.93. The minimum absolute atomic E-state index is 0.309. The smallest absolute Gasteiger partial charge is 0.246 e. The Morgan fingerprint density at radius 2 is 2.60 bits per heavy atom. The van der Waals surface area contributed by atoms with Gasteiger partial charge in [-0.05, 0) is 11.5 Å². The maximum absolute atomic E-state index is 5.36. The molecule has 10 heavy (non-hydrogen) atoms. The van der Waals surface area contributed by atoms with E-state index in [0.717, 1.165) is 13.1 Å². The zero-order chi connectivity index (χ0) is 6.81. The largest absolute Gasteiger partial charge is 0.470 e. The van der Waals surface area contributed by atoms with Crippen LogP contribution in [0.25, 0.3) is 0 Å². The monoisotopic (exact) mass is 157 g/mol. The molecule has 0 spiro atoms. The molecule has 1 fully saturated rings. The third-order valence-corrected chi connectivity index (χ3v) is 1.85. The average Bonchev–Trinajstić information content (AvgIpc) is 2.29. The van der Waals surface area contributed by atoms with E-state index >= 15 is 0 Å². The van der Waals surface area contributed by atoms with E-state index in [1.807, 2.05) is 0 Å². The summed E-state index contributed by atoms with van der Waals surface area (Å²) in [5, 5.41) is 8.66. The molecule has 1 aromatic heterocycles. The maximum atomic E-state index is 5.36. The second-order valence-electron chi connectivity index (χ2n) is 2.14. The molecule has 0 aliphatic carbocycles. The number of rotatable bonds is 2. The summed E-state index contributed by atoms with van der Waals surface area (Å²) in [5.74, 6) is 0.650. The standard InChI is InChI=1S/C5H7N3OS/c1-4(2-6-1)9-5-3-10-8-7-5/h3-4,6H,1-2H2. The predicted octanol–water partition coefficient (Wildman–Crippen LogP) is -0.111. The van der Waals surface area contributed by atoms with Crippen molar-refractivity contribution < 1.29 is 4.74 Å². The van der Waals surface area contributed by atoms with Gasteiger partial charge in [-0.15, -0.1) is 0 Å². The van der Waals surface area contributed by atoms with Crippen LogP contribution in [0.15, 0.2) is 5.38 Å². The molecule has 0 saturated carbocycles. The minimum atomic E-state index is 0.309. The van der Waals surface area contributed by atoms with Crippen molar-refractivity contribution in [1.82, 2.24) is 14.9 Å². The number of hydrogen-bond acceptors (Lipinski definition) is 5. The Bertz CT molecular complexity index is 197. The molecule has 1 aliphatic heterocycles. The lowest BCUT2D eigenvalue weighted by Crippen LogP contribution is -2.50. The molecular weight excluding hydrogens is 150 g/mol. The molecule has 0 amide bonds. The molecule has 0 unspecified atom stereocenters. The van der Waals surface area contributed by atoms with Crippen molar-refractivity contribution >= 4 is 11.5 Å². The molecule has 5 heteroatoms. The molecule has 0 aromatic carbocycles. The van der Waals surface area contributed by atoms with Crippen LogP contribution in [0.2, 0.25) is 0 Å². The number of nitrogens with one attached hydrogen (secondary N) is 1. The fourth-order valence-electron chi connectivity index (χ4n) is 0.724. The number of aromatic nitrogens is 2. The van der Waals surface area contributed by atoms with Crippen LogP contribution in [-0.2, 0) is 0 Å². The van der Waals surface area contributed by atoms with E-state index < -0.39 is 0 Å². The Morgan fingerprint density at radius 1 is 1.70 bits per heavy atom. The second kappa shape index (κ2) is 2.51. The normalized spacial score (nSPS) is 18.4. The predicted molar refractivity (Wildman–Crippen MR) is 37.2 cm³/mol. The van der Waals surface area contributed by atoms with Crippen molar-refractivity contribution in [1.29, 1.82) is 0 Å². The lowest BCUT2D eigenvalue weighted by Gasteiger charge is -2.26. The van der Waals surface area contributed by atoms with Gasteiger partial charge in [0.25, 0.3) is 0 Å². The summed E-state index contributed by atoms with van der Waals surface area (Å²) in [6, 6.07) is 0. The first-order valence-electron chi connectivity index (χ1n) is 3.09. The van der Waals surface area contributed by atoms with Gasteiger partial charge >= 0.3 is 0 Å². The molecule has 2 heterocycles. The van der Waals surface area contributed by atoms with Crippen molar-refractivity contribution in [3.63, 3.8) is 0 Å². The number of hydrogen-bond donors (Lipinski definition) is 1. The van der Waals surface area contributed by atoms with Gasteiger partial charge in [0.1, 0.15) is 6.10 Å². The molecule has 2 rings (SSSR count). The van der Waals surface area contributed by atoms with Gasteiger partial charge in [0.2, 0.25) is 5.88 Å².